The average Bonchev–Trinajstić information content (AvgIpc) is 2.97. The molecule has 0 spiro atoms. The normalized spacial score (nSPS) is 27.9. The maximum atomic E-state index is 6.32. The summed E-state index contributed by atoms with van der Waals surface area (Å²) in [4.78, 5) is 2.60. The first-order valence-corrected chi connectivity index (χ1v) is 7.30. The molecule has 1 aliphatic carbocycles. The van der Waals surface area contributed by atoms with Gasteiger partial charge in [0.1, 0.15) is 11.5 Å². The molecule has 1 aromatic rings. The van der Waals surface area contributed by atoms with Crippen LogP contribution in [0.1, 0.15) is 49.5 Å². The Morgan fingerprint density at radius 3 is 2.40 bits per heavy atom. The van der Waals surface area contributed by atoms with Crippen LogP contribution in [0.2, 0.25) is 0 Å². The van der Waals surface area contributed by atoms with Crippen molar-refractivity contribution in [2.75, 3.05) is 13.1 Å². The molecule has 0 unspecified atom stereocenters. The van der Waals surface area contributed by atoms with Gasteiger partial charge < -0.3 is 10.2 Å². The maximum absolute atomic E-state index is 6.32. The summed E-state index contributed by atoms with van der Waals surface area (Å²) in [6.45, 7) is 4.12. The van der Waals surface area contributed by atoms with E-state index < -0.39 is 0 Å². The average molecular weight is 321 g/mol. The molecule has 2 fully saturated rings. The second-order valence-electron chi connectivity index (χ2n) is 5.96. The lowest BCUT2D eigenvalue weighted by molar-refractivity contribution is 0.186. The lowest BCUT2D eigenvalue weighted by atomic mass is 9.94. The highest BCUT2D eigenvalue weighted by Gasteiger charge is 2.36. The zero-order chi connectivity index (χ0) is 12.5. The maximum Gasteiger partial charge on any atom is 0.110 e. The molecule has 1 saturated carbocycles. The SMILES string of the molecule is Cc1ccc([C@H]2CN(C3CCCCC3)C[C@@H]2N)o1.Cl.Cl. The highest BCUT2D eigenvalue weighted by Crippen LogP contribution is 2.32. The van der Waals surface area contributed by atoms with E-state index in [1.165, 1.54) is 32.1 Å². The minimum Gasteiger partial charge on any atom is -0.466 e. The van der Waals surface area contributed by atoms with Crippen LogP contribution in [-0.4, -0.2) is 30.1 Å². The number of aryl methyl sites for hydroxylation is 1. The zero-order valence-electron chi connectivity index (χ0n) is 12.1. The van der Waals surface area contributed by atoms with Crippen molar-refractivity contribution < 1.29 is 4.42 Å². The summed E-state index contributed by atoms with van der Waals surface area (Å²) in [7, 11) is 0. The van der Waals surface area contributed by atoms with Crippen LogP contribution in [0.5, 0.6) is 0 Å². The Bertz CT molecular complexity index is 404. The molecule has 20 heavy (non-hydrogen) atoms. The van der Waals surface area contributed by atoms with Gasteiger partial charge in [-0.25, -0.2) is 0 Å². The molecule has 0 aromatic carbocycles. The molecule has 2 N–H and O–H groups in total. The highest BCUT2D eigenvalue weighted by molar-refractivity contribution is 5.85. The summed E-state index contributed by atoms with van der Waals surface area (Å²) in [5, 5.41) is 0. The van der Waals surface area contributed by atoms with E-state index >= 15 is 0 Å². The summed E-state index contributed by atoms with van der Waals surface area (Å²) >= 11 is 0. The van der Waals surface area contributed by atoms with Gasteiger partial charge in [0, 0.05) is 31.1 Å². The number of likely N-dealkylation sites (tertiary alicyclic amines) is 1. The van der Waals surface area contributed by atoms with E-state index in [0.29, 0.717) is 5.92 Å². The van der Waals surface area contributed by atoms with Crippen molar-refractivity contribution in [3.05, 3.63) is 23.7 Å². The Morgan fingerprint density at radius 2 is 1.80 bits per heavy atom. The van der Waals surface area contributed by atoms with Crippen molar-refractivity contribution in [2.24, 2.45) is 5.73 Å². The lowest BCUT2D eigenvalue weighted by Crippen LogP contribution is -2.36. The van der Waals surface area contributed by atoms with Gasteiger partial charge in [-0.1, -0.05) is 19.3 Å². The summed E-state index contributed by atoms with van der Waals surface area (Å²) in [5.74, 6) is 2.47. The van der Waals surface area contributed by atoms with Crippen LogP contribution in [0.3, 0.4) is 0 Å². The van der Waals surface area contributed by atoms with Crippen LogP contribution in [-0.2, 0) is 0 Å². The van der Waals surface area contributed by atoms with E-state index in [1.54, 1.807) is 0 Å². The third kappa shape index (κ3) is 3.70. The molecule has 0 amide bonds. The van der Waals surface area contributed by atoms with Gasteiger partial charge >= 0.3 is 0 Å². The van der Waals surface area contributed by atoms with Gasteiger partial charge in [-0.05, 0) is 31.9 Å². The van der Waals surface area contributed by atoms with Gasteiger partial charge in [0.25, 0.3) is 0 Å². The van der Waals surface area contributed by atoms with E-state index in [1.807, 2.05) is 13.0 Å². The predicted molar refractivity (Wildman–Crippen MR) is 87.1 cm³/mol. The van der Waals surface area contributed by atoms with E-state index in [-0.39, 0.29) is 30.9 Å². The summed E-state index contributed by atoms with van der Waals surface area (Å²) in [6, 6.07) is 5.15. The van der Waals surface area contributed by atoms with E-state index in [9.17, 15) is 0 Å². The molecule has 3 rings (SSSR count). The molecule has 2 aliphatic rings. The molecular formula is C15H26Cl2N2O. The lowest BCUT2D eigenvalue weighted by Gasteiger charge is -2.30. The first-order chi connectivity index (χ1) is 8.74. The van der Waals surface area contributed by atoms with E-state index in [2.05, 4.69) is 11.0 Å². The molecule has 1 aromatic heterocycles. The zero-order valence-corrected chi connectivity index (χ0v) is 13.7. The highest BCUT2D eigenvalue weighted by atomic mass is 35.5. The molecule has 1 saturated heterocycles. The number of rotatable bonds is 2. The van der Waals surface area contributed by atoms with Crippen molar-refractivity contribution in [3.63, 3.8) is 0 Å². The fraction of sp³-hybridized carbons (Fsp3) is 0.733. The quantitative estimate of drug-likeness (QED) is 0.907. The molecule has 5 heteroatoms. The van der Waals surface area contributed by atoms with Crippen LogP contribution in [0.4, 0.5) is 0 Å². The van der Waals surface area contributed by atoms with Crippen LogP contribution in [0.25, 0.3) is 0 Å². The van der Waals surface area contributed by atoms with Gasteiger partial charge in [-0.15, -0.1) is 24.8 Å². The predicted octanol–water partition coefficient (Wildman–Crippen LogP) is 3.49. The van der Waals surface area contributed by atoms with Gasteiger partial charge in [0.2, 0.25) is 0 Å². The number of halogens is 2. The van der Waals surface area contributed by atoms with E-state index in [4.69, 9.17) is 10.2 Å². The molecule has 0 bridgehead atoms. The third-order valence-electron chi connectivity index (χ3n) is 4.61. The smallest absolute Gasteiger partial charge is 0.110 e. The molecular weight excluding hydrogens is 295 g/mol. The van der Waals surface area contributed by atoms with Gasteiger partial charge in [0.05, 0.1) is 0 Å². The second kappa shape index (κ2) is 7.69. The number of nitrogens with zero attached hydrogens (tertiary/aromatic N) is 1. The molecule has 2 heterocycles. The first-order valence-electron chi connectivity index (χ1n) is 7.30. The number of hydrogen-bond donors (Lipinski definition) is 1. The van der Waals surface area contributed by atoms with Gasteiger partial charge in [-0.3, -0.25) is 4.90 Å². The summed E-state index contributed by atoms with van der Waals surface area (Å²) in [5.41, 5.74) is 6.32. The van der Waals surface area contributed by atoms with Crippen LogP contribution < -0.4 is 5.73 Å². The van der Waals surface area contributed by atoms with E-state index in [0.717, 1.165) is 30.7 Å². The standard InChI is InChI=1S/C15H24N2O.2ClH/c1-11-7-8-15(18-11)13-9-17(10-14(13)16)12-5-3-2-4-6-12;;/h7-8,12-14H,2-6,9-10,16H2,1H3;2*1H/t13-,14-;;/m0../s1. The number of nitrogens with two attached hydrogens (primary N) is 1. The monoisotopic (exact) mass is 320 g/mol. The van der Waals surface area contributed by atoms with Crippen molar-refractivity contribution in [2.45, 2.75) is 57.0 Å². The van der Waals surface area contributed by atoms with Crippen molar-refractivity contribution in [1.82, 2.24) is 4.90 Å². The molecule has 116 valence electrons. The van der Waals surface area contributed by atoms with Gasteiger partial charge in [-0.2, -0.15) is 0 Å². The Hall–Kier alpha value is -0.220. The summed E-state index contributed by atoms with van der Waals surface area (Å²) < 4.78 is 5.77. The number of hydrogen-bond acceptors (Lipinski definition) is 3. The van der Waals surface area contributed by atoms with Crippen molar-refractivity contribution in [1.29, 1.82) is 0 Å². The fourth-order valence-corrected chi connectivity index (χ4v) is 3.56. The Kier molecular flexibility index (Phi) is 6.86. The number of furan rings is 1. The first kappa shape index (κ1) is 17.8. The van der Waals surface area contributed by atoms with Crippen LogP contribution in [0, 0.1) is 6.92 Å². The van der Waals surface area contributed by atoms with Gasteiger partial charge in [0.15, 0.2) is 0 Å². The molecule has 3 nitrogen and oxygen atoms in total. The fourth-order valence-electron chi connectivity index (χ4n) is 3.56. The Labute approximate surface area is 134 Å². The minimum atomic E-state index is 0. The Morgan fingerprint density at radius 1 is 1.10 bits per heavy atom. The Balaban J connectivity index is 0.000001000. The topological polar surface area (TPSA) is 42.4 Å². The molecule has 1 aliphatic heterocycles. The second-order valence-corrected chi connectivity index (χ2v) is 5.96. The largest absolute Gasteiger partial charge is 0.466 e. The minimum absolute atomic E-state index is 0. The molecule has 0 radical (unpaired) electrons. The summed E-state index contributed by atoms with van der Waals surface area (Å²) in [6.07, 6.45) is 6.91. The molecule has 2 atom stereocenters. The van der Waals surface area contributed by atoms with Crippen molar-refractivity contribution in [3.8, 4) is 0 Å². The van der Waals surface area contributed by atoms with Crippen LogP contribution >= 0.6 is 24.8 Å². The van der Waals surface area contributed by atoms with Crippen molar-refractivity contribution >= 4 is 24.8 Å². The van der Waals surface area contributed by atoms with Crippen LogP contribution in [0.15, 0.2) is 16.5 Å². The third-order valence-corrected chi connectivity index (χ3v) is 4.61.